The van der Waals surface area contributed by atoms with Crippen LogP contribution in [0.3, 0.4) is 0 Å². The Labute approximate surface area is 206 Å². The molecule has 170 valence electrons. The Balaban J connectivity index is 1.55. The van der Waals surface area contributed by atoms with Gasteiger partial charge >= 0.3 is 0 Å². The van der Waals surface area contributed by atoms with Gasteiger partial charge in [-0.25, -0.2) is 0 Å². The molecule has 9 nitrogen and oxygen atoms in total. The number of hydrogen-bond acceptors (Lipinski definition) is 9. The number of ketones is 1. The van der Waals surface area contributed by atoms with Crippen molar-refractivity contribution < 1.29 is 14.1 Å². The molecule has 0 saturated heterocycles. The summed E-state index contributed by atoms with van der Waals surface area (Å²) in [6.07, 6.45) is 0.461. The van der Waals surface area contributed by atoms with Gasteiger partial charge in [-0.05, 0) is 53.7 Å². The van der Waals surface area contributed by atoms with Crippen molar-refractivity contribution in [3.05, 3.63) is 110 Å². The van der Waals surface area contributed by atoms with Gasteiger partial charge in [0.2, 0.25) is 11.7 Å². The molecule has 34 heavy (non-hydrogen) atoms. The van der Waals surface area contributed by atoms with Crippen molar-refractivity contribution in [3.63, 3.8) is 0 Å². The van der Waals surface area contributed by atoms with E-state index >= 15 is 0 Å². The molecular formula is C23H16BrN5O4S. The van der Waals surface area contributed by atoms with Gasteiger partial charge in [-0.1, -0.05) is 46.3 Å². The lowest BCUT2D eigenvalue weighted by Gasteiger charge is -2.05. The molecule has 0 aliphatic rings. The van der Waals surface area contributed by atoms with Crippen LogP contribution in [0.4, 0.5) is 11.4 Å². The van der Waals surface area contributed by atoms with Gasteiger partial charge in [-0.2, -0.15) is 5.10 Å². The fraction of sp³-hybridized carbons (Fsp3) is 0.0435. The predicted molar refractivity (Wildman–Crippen MR) is 132 cm³/mol. The Kier molecular flexibility index (Phi) is 7.45. The highest BCUT2D eigenvalue weighted by Gasteiger charge is 2.20. The first kappa shape index (κ1) is 23.3. The number of benzene rings is 3. The van der Waals surface area contributed by atoms with E-state index in [-0.39, 0.29) is 21.7 Å². The van der Waals surface area contributed by atoms with Crippen LogP contribution < -0.4 is 5.43 Å². The number of hydrazone groups is 1. The Hall–Kier alpha value is -3.83. The summed E-state index contributed by atoms with van der Waals surface area (Å²) in [5.41, 5.74) is 4.63. The Morgan fingerprint density at radius 3 is 2.41 bits per heavy atom. The maximum absolute atomic E-state index is 13.1. The third-order valence-electron chi connectivity index (χ3n) is 4.50. The highest BCUT2D eigenvalue weighted by molar-refractivity contribution is 9.10. The quantitative estimate of drug-likeness (QED) is 0.0753. The van der Waals surface area contributed by atoms with E-state index in [1.54, 1.807) is 24.3 Å². The van der Waals surface area contributed by atoms with E-state index in [0.717, 1.165) is 21.8 Å². The molecule has 0 aliphatic carbocycles. The first-order valence-electron chi connectivity index (χ1n) is 9.90. The number of nitrogens with zero attached hydrogens (tertiary/aromatic N) is 4. The van der Waals surface area contributed by atoms with Gasteiger partial charge in [-0.15, -0.1) is 10.2 Å². The molecule has 0 atom stereocenters. The highest BCUT2D eigenvalue weighted by Crippen LogP contribution is 2.23. The molecule has 0 fully saturated rings. The van der Waals surface area contributed by atoms with E-state index in [1.165, 1.54) is 24.3 Å². The van der Waals surface area contributed by atoms with Crippen molar-refractivity contribution in [2.45, 2.75) is 11.6 Å². The van der Waals surface area contributed by atoms with Crippen molar-refractivity contribution >= 4 is 49.9 Å². The Morgan fingerprint density at radius 2 is 1.74 bits per heavy atom. The minimum Gasteiger partial charge on any atom is -0.415 e. The summed E-state index contributed by atoms with van der Waals surface area (Å²) in [7, 11) is 0. The number of carbonyl (C=O) groups excluding carboxylic acids is 1. The van der Waals surface area contributed by atoms with Gasteiger partial charge in [0, 0.05) is 22.2 Å². The molecule has 1 N–H and O–H groups in total. The second-order valence-electron chi connectivity index (χ2n) is 6.89. The number of aromatic nitrogens is 2. The zero-order valence-electron chi connectivity index (χ0n) is 17.4. The van der Waals surface area contributed by atoms with E-state index < -0.39 is 4.92 Å². The molecule has 3 aromatic carbocycles. The molecule has 4 aromatic rings. The van der Waals surface area contributed by atoms with E-state index in [0.29, 0.717) is 23.6 Å². The largest absolute Gasteiger partial charge is 0.415 e. The van der Waals surface area contributed by atoms with Crippen LogP contribution in [0.1, 0.15) is 21.8 Å². The number of non-ortho nitro benzene ring substituents is 1. The molecular weight excluding hydrogens is 522 g/mol. The smallest absolute Gasteiger partial charge is 0.283 e. The Bertz CT molecular complexity index is 1330. The van der Waals surface area contributed by atoms with Crippen molar-refractivity contribution in [1.82, 2.24) is 10.2 Å². The van der Waals surface area contributed by atoms with Gasteiger partial charge in [0.15, 0.2) is 5.04 Å². The average molecular weight is 538 g/mol. The summed E-state index contributed by atoms with van der Waals surface area (Å²) in [6.45, 7) is 0. The van der Waals surface area contributed by atoms with Gasteiger partial charge < -0.3 is 4.42 Å². The van der Waals surface area contributed by atoms with Crippen LogP contribution in [0.25, 0.3) is 0 Å². The fourth-order valence-electron chi connectivity index (χ4n) is 2.82. The number of Topliss-reactive ketones (excluding diaryl/α,β-unsaturated/α-hetero) is 1. The zero-order chi connectivity index (χ0) is 23.9. The number of hydrogen-bond donors (Lipinski definition) is 1. The lowest BCUT2D eigenvalue weighted by atomic mass is 10.1. The van der Waals surface area contributed by atoms with Crippen molar-refractivity contribution in [3.8, 4) is 0 Å². The van der Waals surface area contributed by atoms with Crippen LogP contribution in [-0.4, -0.2) is 25.9 Å². The third-order valence-corrected chi connectivity index (χ3v) is 5.83. The molecule has 0 spiro atoms. The minimum absolute atomic E-state index is 0.0492. The number of nitro benzene ring substituents is 1. The summed E-state index contributed by atoms with van der Waals surface area (Å²) in [5, 5.41) is 23.4. The molecule has 0 unspecified atom stereocenters. The van der Waals surface area contributed by atoms with Gasteiger partial charge in [0.25, 0.3) is 10.9 Å². The number of anilines is 1. The standard InChI is InChI=1S/C23H16BrN5O4S/c24-17-8-6-16(7-9-17)21(30)22(27-25-18-10-12-19(13-11-18)29(31)32)34-23-28-26-20(33-23)14-15-4-2-1-3-5-15/h1-13,25H,14H2/b27-22+. The van der Waals surface area contributed by atoms with Crippen LogP contribution >= 0.6 is 27.7 Å². The average Bonchev–Trinajstić information content (AvgIpc) is 3.29. The Morgan fingerprint density at radius 1 is 1.03 bits per heavy atom. The van der Waals surface area contributed by atoms with E-state index in [9.17, 15) is 14.9 Å². The summed E-state index contributed by atoms with van der Waals surface area (Å²) >= 11 is 4.28. The van der Waals surface area contributed by atoms with Crippen LogP contribution in [0.2, 0.25) is 0 Å². The van der Waals surface area contributed by atoms with E-state index in [4.69, 9.17) is 4.42 Å². The number of nitrogens with one attached hydrogen (secondary N) is 1. The van der Waals surface area contributed by atoms with Gasteiger partial charge in [0.05, 0.1) is 17.0 Å². The number of carbonyl (C=O) groups is 1. The summed E-state index contributed by atoms with van der Waals surface area (Å²) in [6, 6.07) is 22.2. The SMILES string of the molecule is O=C(/C(=N\Nc1ccc([N+](=O)[O-])cc1)Sc1nnc(Cc2ccccc2)o1)c1ccc(Br)cc1. The summed E-state index contributed by atoms with van der Waals surface area (Å²) in [5.74, 6) is 0.0576. The molecule has 0 aliphatic heterocycles. The molecule has 0 saturated carbocycles. The predicted octanol–water partition coefficient (Wildman–Crippen LogP) is 5.73. The maximum Gasteiger partial charge on any atom is 0.283 e. The first-order valence-corrected chi connectivity index (χ1v) is 11.5. The molecule has 11 heteroatoms. The van der Waals surface area contributed by atoms with Crippen LogP contribution in [-0.2, 0) is 6.42 Å². The van der Waals surface area contributed by atoms with E-state index in [1.807, 2.05) is 30.3 Å². The normalized spacial score (nSPS) is 11.3. The van der Waals surface area contributed by atoms with Gasteiger partial charge in [0.1, 0.15) is 0 Å². The topological polar surface area (TPSA) is 124 Å². The molecule has 1 aromatic heterocycles. The third kappa shape index (κ3) is 6.15. The number of halogens is 1. The van der Waals surface area contributed by atoms with Crippen molar-refractivity contribution in [2.24, 2.45) is 5.10 Å². The van der Waals surface area contributed by atoms with Crippen LogP contribution in [0.5, 0.6) is 0 Å². The van der Waals surface area contributed by atoms with E-state index in [2.05, 4.69) is 36.7 Å². The number of rotatable bonds is 8. The summed E-state index contributed by atoms with van der Waals surface area (Å²) < 4.78 is 6.55. The molecule has 0 bridgehead atoms. The van der Waals surface area contributed by atoms with Crippen LogP contribution in [0, 0.1) is 10.1 Å². The second kappa shape index (κ2) is 10.9. The summed E-state index contributed by atoms with van der Waals surface area (Å²) in [4.78, 5) is 23.5. The molecule has 1 heterocycles. The molecule has 0 amide bonds. The lowest BCUT2D eigenvalue weighted by Crippen LogP contribution is -2.13. The fourth-order valence-corrected chi connectivity index (χ4v) is 3.77. The lowest BCUT2D eigenvalue weighted by molar-refractivity contribution is -0.384. The van der Waals surface area contributed by atoms with Crippen molar-refractivity contribution in [1.29, 1.82) is 0 Å². The first-order chi connectivity index (χ1) is 16.5. The minimum atomic E-state index is -0.492. The number of nitro groups is 1. The van der Waals surface area contributed by atoms with Gasteiger partial charge in [-0.3, -0.25) is 20.3 Å². The second-order valence-corrected chi connectivity index (χ2v) is 8.75. The van der Waals surface area contributed by atoms with Crippen LogP contribution in [0.15, 0.2) is 98.1 Å². The monoisotopic (exact) mass is 537 g/mol. The molecule has 0 radical (unpaired) electrons. The number of thioether (sulfide) groups is 1. The zero-order valence-corrected chi connectivity index (χ0v) is 19.8. The highest BCUT2D eigenvalue weighted by atomic mass is 79.9. The maximum atomic E-state index is 13.1. The molecule has 4 rings (SSSR count). The van der Waals surface area contributed by atoms with Crippen molar-refractivity contribution in [2.75, 3.05) is 5.43 Å².